The average molecular weight is 458 g/mol. The third-order valence-electron chi connectivity index (χ3n) is 5.81. The van der Waals surface area contributed by atoms with Gasteiger partial charge in [-0.1, -0.05) is 0 Å². The normalized spacial score (nSPS) is 13.2. The second-order valence-electron chi connectivity index (χ2n) is 8.09. The molecule has 0 aromatic carbocycles. The molecule has 0 fully saturated rings. The molecule has 0 bridgehead atoms. The molecule has 10 nitrogen and oxygen atoms in total. The molecule has 1 amide bonds. The van der Waals surface area contributed by atoms with Gasteiger partial charge < -0.3 is 5.32 Å². The van der Waals surface area contributed by atoms with E-state index in [-0.39, 0.29) is 17.2 Å². The monoisotopic (exact) mass is 457 g/mol. The molecule has 3 aromatic rings. The highest BCUT2D eigenvalue weighted by atomic mass is 32.1. The van der Waals surface area contributed by atoms with Crippen molar-refractivity contribution in [3.05, 3.63) is 48.5 Å². The summed E-state index contributed by atoms with van der Waals surface area (Å²) in [5.41, 5.74) is 2.27. The largest absolute Gasteiger partial charge is 0.351 e. The van der Waals surface area contributed by atoms with E-state index in [1.54, 1.807) is 18.5 Å². The van der Waals surface area contributed by atoms with E-state index >= 15 is 0 Å². The Hall–Kier alpha value is -3.08. The van der Waals surface area contributed by atoms with Crippen molar-refractivity contribution in [3.63, 3.8) is 0 Å². The van der Waals surface area contributed by atoms with Crippen molar-refractivity contribution in [2.75, 3.05) is 6.54 Å². The van der Waals surface area contributed by atoms with Gasteiger partial charge in [0.1, 0.15) is 15.7 Å². The molecule has 0 unspecified atom stereocenters. The molecule has 1 aliphatic rings. The van der Waals surface area contributed by atoms with Gasteiger partial charge in [0, 0.05) is 33.1 Å². The van der Waals surface area contributed by atoms with Gasteiger partial charge in [0.15, 0.2) is 0 Å². The van der Waals surface area contributed by atoms with Crippen molar-refractivity contribution in [3.8, 4) is 10.6 Å². The van der Waals surface area contributed by atoms with Crippen molar-refractivity contribution in [1.29, 1.82) is 0 Å². The number of carbonyl (C=O) groups is 1. The zero-order valence-corrected chi connectivity index (χ0v) is 19.6. The Kier molecular flexibility index (Phi) is 6.09. The highest BCUT2D eigenvalue weighted by Gasteiger charge is 2.21. The summed E-state index contributed by atoms with van der Waals surface area (Å²) in [6.07, 6.45) is 3.50. The molecule has 1 N–H and O–H groups in total. The van der Waals surface area contributed by atoms with Gasteiger partial charge in [0.05, 0.1) is 17.0 Å². The number of nitrogens with zero attached hydrogens (tertiary/aromatic N) is 6. The summed E-state index contributed by atoms with van der Waals surface area (Å²) < 4.78 is 4.54. The maximum absolute atomic E-state index is 12.7. The number of nitrogens with one attached hydrogen (secondary N) is 1. The minimum atomic E-state index is -0.234. The summed E-state index contributed by atoms with van der Waals surface area (Å²) in [5, 5.41) is 12.0. The van der Waals surface area contributed by atoms with Gasteiger partial charge >= 0.3 is 5.69 Å². The molecular formula is C21H27N7O3S. The van der Waals surface area contributed by atoms with Crippen LogP contribution in [0.4, 0.5) is 0 Å². The van der Waals surface area contributed by atoms with Crippen LogP contribution < -0.4 is 16.6 Å². The zero-order valence-electron chi connectivity index (χ0n) is 18.8. The van der Waals surface area contributed by atoms with Gasteiger partial charge in [0.2, 0.25) is 0 Å². The lowest BCUT2D eigenvalue weighted by atomic mass is 10.1. The van der Waals surface area contributed by atoms with E-state index in [9.17, 15) is 14.4 Å². The second kappa shape index (κ2) is 8.81. The number of aryl methyl sites for hydroxylation is 5. The molecule has 4 rings (SSSR count). The molecule has 170 valence electrons. The van der Waals surface area contributed by atoms with Gasteiger partial charge in [0.25, 0.3) is 11.5 Å². The van der Waals surface area contributed by atoms with Gasteiger partial charge in [-0.05, 0) is 45.6 Å². The summed E-state index contributed by atoms with van der Waals surface area (Å²) in [5.74, 6) is 0.619. The third-order valence-corrected chi connectivity index (χ3v) is 6.98. The second-order valence-corrected chi connectivity index (χ2v) is 9.09. The standard InChI is InChI=1S/C21H27N7O3S/c1-12-13(2)24-26(4)20(30)16(12)19-23-14(3)17(32-19)18(29)22-9-7-11-28-21(31)27-10-6-5-8-15(27)25-28/h5-11H2,1-4H3,(H,22,29). The molecule has 0 radical (unpaired) electrons. The summed E-state index contributed by atoms with van der Waals surface area (Å²) in [6, 6.07) is 0. The van der Waals surface area contributed by atoms with Crippen LogP contribution in [0.25, 0.3) is 10.6 Å². The highest BCUT2D eigenvalue weighted by Crippen LogP contribution is 2.28. The first-order valence-corrected chi connectivity index (χ1v) is 11.6. The van der Waals surface area contributed by atoms with Gasteiger partial charge in [-0.15, -0.1) is 11.3 Å². The van der Waals surface area contributed by atoms with Crippen molar-refractivity contribution in [2.45, 2.75) is 59.5 Å². The molecule has 3 aromatic heterocycles. The van der Waals surface area contributed by atoms with E-state index in [0.29, 0.717) is 40.7 Å². The van der Waals surface area contributed by atoms with Crippen LogP contribution in [0.1, 0.15) is 51.7 Å². The lowest BCUT2D eigenvalue weighted by molar-refractivity contribution is 0.0956. The number of thiazole rings is 1. The van der Waals surface area contributed by atoms with Crippen LogP contribution in [0, 0.1) is 20.8 Å². The van der Waals surface area contributed by atoms with Crippen LogP contribution in [0.5, 0.6) is 0 Å². The fourth-order valence-corrected chi connectivity index (χ4v) is 5.00. The van der Waals surface area contributed by atoms with E-state index in [1.165, 1.54) is 20.7 Å². The SMILES string of the molecule is Cc1nc(-c2c(C)c(C)nn(C)c2=O)sc1C(=O)NCCCn1nc2n(c1=O)CCCC2. The highest BCUT2D eigenvalue weighted by molar-refractivity contribution is 7.17. The quantitative estimate of drug-likeness (QED) is 0.559. The number of hydrogen-bond donors (Lipinski definition) is 1. The Bertz CT molecular complexity index is 1300. The molecule has 1 aliphatic heterocycles. The van der Waals surface area contributed by atoms with Crippen LogP contribution in [0.2, 0.25) is 0 Å². The first-order chi connectivity index (χ1) is 15.3. The van der Waals surface area contributed by atoms with Crippen molar-refractivity contribution < 1.29 is 4.79 Å². The maximum Gasteiger partial charge on any atom is 0.345 e. The Morgan fingerprint density at radius 1 is 1.12 bits per heavy atom. The molecule has 4 heterocycles. The summed E-state index contributed by atoms with van der Waals surface area (Å²) in [7, 11) is 1.61. The predicted octanol–water partition coefficient (Wildman–Crippen LogP) is 1.34. The van der Waals surface area contributed by atoms with Crippen LogP contribution in [0.3, 0.4) is 0 Å². The van der Waals surface area contributed by atoms with Crippen LogP contribution in [-0.2, 0) is 26.6 Å². The molecule has 0 aliphatic carbocycles. The molecular weight excluding hydrogens is 430 g/mol. The molecule has 0 spiro atoms. The minimum Gasteiger partial charge on any atom is -0.351 e. The van der Waals surface area contributed by atoms with Gasteiger partial charge in [-0.25, -0.2) is 19.1 Å². The first-order valence-electron chi connectivity index (χ1n) is 10.7. The molecule has 0 atom stereocenters. The third kappa shape index (κ3) is 4.04. The summed E-state index contributed by atoms with van der Waals surface area (Å²) in [4.78, 5) is 42.7. The van der Waals surface area contributed by atoms with Crippen molar-refractivity contribution in [2.24, 2.45) is 7.05 Å². The van der Waals surface area contributed by atoms with E-state index in [0.717, 1.165) is 42.9 Å². The van der Waals surface area contributed by atoms with Crippen molar-refractivity contribution in [1.82, 2.24) is 34.4 Å². The fraction of sp³-hybridized carbons (Fsp3) is 0.524. The fourth-order valence-electron chi connectivity index (χ4n) is 3.92. The Balaban J connectivity index is 1.42. The maximum atomic E-state index is 12.7. The Morgan fingerprint density at radius 2 is 1.91 bits per heavy atom. The minimum absolute atomic E-state index is 0.0708. The van der Waals surface area contributed by atoms with Crippen LogP contribution >= 0.6 is 11.3 Å². The number of rotatable bonds is 6. The van der Waals surface area contributed by atoms with E-state index in [1.807, 2.05) is 13.8 Å². The number of amides is 1. The van der Waals surface area contributed by atoms with E-state index in [2.05, 4.69) is 20.5 Å². The van der Waals surface area contributed by atoms with Gasteiger partial charge in [-0.2, -0.15) is 10.2 Å². The predicted molar refractivity (Wildman–Crippen MR) is 121 cm³/mol. The number of aromatic nitrogens is 6. The van der Waals surface area contributed by atoms with Crippen molar-refractivity contribution >= 4 is 17.2 Å². The molecule has 32 heavy (non-hydrogen) atoms. The number of carbonyl (C=O) groups excluding carboxylic acids is 1. The van der Waals surface area contributed by atoms with E-state index in [4.69, 9.17) is 0 Å². The topological polar surface area (TPSA) is 117 Å². The Morgan fingerprint density at radius 3 is 2.66 bits per heavy atom. The number of fused-ring (bicyclic) bond motifs is 1. The number of hydrogen-bond acceptors (Lipinski definition) is 7. The first kappa shape index (κ1) is 22.1. The zero-order chi connectivity index (χ0) is 23.0. The summed E-state index contributed by atoms with van der Waals surface area (Å²) in [6.45, 7) is 7.04. The lowest BCUT2D eigenvalue weighted by Crippen LogP contribution is -2.29. The Labute approximate surface area is 188 Å². The summed E-state index contributed by atoms with van der Waals surface area (Å²) >= 11 is 1.21. The smallest absolute Gasteiger partial charge is 0.345 e. The molecule has 0 saturated carbocycles. The van der Waals surface area contributed by atoms with E-state index < -0.39 is 0 Å². The van der Waals surface area contributed by atoms with Crippen LogP contribution in [-0.4, -0.2) is 41.6 Å². The average Bonchev–Trinajstić information content (AvgIpc) is 3.30. The van der Waals surface area contributed by atoms with Crippen LogP contribution in [0.15, 0.2) is 9.59 Å². The molecule has 11 heteroatoms. The van der Waals surface area contributed by atoms with Gasteiger partial charge in [-0.3, -0.25) is 14.2 Å². The molecule has 0 saturated heterocycles. The lowest BCUT2D eigenvalue weighted by Gasteiger charge is -2.09.